The van der Waals surface area contributed by atoms with Crippen molar-refractivity contribution in [2.24, 2.45) is 19.8 Å². The minimum absolute atomic E-state index is 0.119. The van der Waals surface area contributed by atoms with E-state index in [4.69, 9.17) is 28.9 Å². The van der Waals surface area contributed by atoms with E-state index in [0.717, 1.165) is 5.39 Å². The molecule has 5 rings (SSSR count). The Morgan fingerprint density at radius 3 is 2.59 bits per heavy atom. The van der Waals surface area contributed by atoms with Gasteiger partial charge in [-0.2, -0.15) is 5.10 Å². The van der Waals surface area contributed by atoms with Crippen LogP contribution in [0, 0.1) is 0 Å². The van der Waals surface area contributed by atoms with Crippen molar-refractivity contribution in [3.8, 4) is 16.9 Å². The third-order valence-electron chi connectivity index (χ3n) is 5.87. The summed E-state index contributed by atoms with van der Waals surface area (Å²) in [6.07, 6.45) is 4.70. The molecule has 3 heterocycles. The van der Waals surface area contributed by atoms with Gasteiger partial charge in [0.1, 0.15) is 17.9 Å². The molecular weight excluding hydrogens is 521 g/mol. The minimum atomic E-state index is -0.891. The van der Waals surface area contributed by atoms with Crippen LogP contribution in [0.4, 0.5) is 5.69 Å². The molecule has 0 aliphatic heterocycles. The van der Waals surface area contributed by atoms with E-state index < -0.39 is 17.6 Å². The van der Waals surface area contributed by atoms with Crippen molar-refractivity contribution in [2.45, 2.75) is 6.54 Å². The van der Waals surface area contributed by atoms with Gasteiger partial charge in [0.2, 0.25) is 5.91 Å². The lowest BCUT2D eigenvalue weighted by molar-refractivity contribution is -0.116. The minimum Gasteiger partial charge on any atom is -0.506 e. The van der Waals surface area contributed by atoms with Crippen LogP contribution in [0.15, 0.2) is 47.8 Å². The largest absolute Gasteiger partial charge is 0.506 e. The highest BCUT2D eigenvalue weighted by molar-refractivity contribution is 6.34. The van der Waals surface area contributed by atoms with Crippen LogP contribution >= 0.6 is 23.2 Å². The van der Waals surface area contributed by atoms with E-state index in [1.807, 2.05) is 0 Å². The molecule has 4 N–H and O–H groups in total. The molecule has 2 aromatic carbocycles. The first kappa shape index (κ1) is 24.3. The fourth-order valence-corrected chi connectivity index (χ4v) is 4.58. The van der Waals surface area contributed by atoms with Crippen molar-refractivity contribution >= 4 is 62.6 Å². The Kier molecular flexibility index (Phi) is 5.89. The zero-order chi connectivity index (χ0) is 26.6. The van der Waals surface area contributed by atoms with Crippen LogP contribution in [0.25, 0.3) is 33.1 Å². The first-order valence-electron chi connectivity index (χ1n) is 10.8. The van der Waals surface area contributed by atoms with Gasteiger partial charge in [0.15, 0.2) is 0 Å². The quantitative estimate of drug-likeness (QED) is 0.312. The highest BCUT2D eigenvalue weighted by Crippen LogP contribution is 2.36. The molecule has 0 atom stereocenters. The number of hydrogen-bond donors (Lipinski definition) is 3. The number of phenols is 1. The Labute approximate surface area is 218 Å². The Morgan fingerprint density at radius 2 is 1.86 bits per heavy atom. The molecule has 188 valence electrons. The van der Waals surface area contributed by atoms with Gasteiger partial charge in [0.05, 0.1) is 38.5 Å². The van der Waals surface area contributed by atoms with E-state index in [9.17, 15) is 19.5 Å². The Bertz CT molecular complexity index is 1820. The smallest absolute Gasteiger partial charge is 0.263 e. The van der Waals surface area contributed by atoms with Crippen molar-refractivity contribution in [1.82, 2.24) is 23.9 Å². The molecule has 0 bridgehead atoms. The number of nitrogens with two attached hydrogens (primary N) is 1. The van der Waals surface area contributed by atoms with Gasteiger partial charge in [-0.3, -0.25) is 19.1 Å². The summed E-state index contributed by atoms with van der Waals surface area (Å²) in [6.45, 7) is -0.202. The predicted molar refractivity (Wildman–Crippen MR) is 140 cm³/mol. The highest BCUT2D eigenvalue weighted by Gasteiger charge is 2.21. The zero-order valence-electron chi connectivity index (χ0n) is 19.5. The fraction of sp³-hybridized carbons (Fsp3) is 0.125. The van der Waals surface area contributed by atoms with Gasteiger partial charge in [0.25, 0.3) is 11.5 Å². The summed E-state index contributed by atoms with van der Waals surface area (Å²) in [5.74, 6) is -1.77. The topological polar surface area (TPSA) is 150 Å². The molecule has 2 amide bonds. The van der Waals surface area contributed by atoms with E-state index in [-0.39, 0.29) is 33.7 Å². The second-order valence-corrected chi connectivity index (χ2v) is 9.30. The molecule has 5 aromatic rings. The number of nitrogens with zero attached hydrogens (tertiary/aromatic N) is 5. The van der Waals surface area contributed by atoms with E-state index in [2.05, 4.69) is 15.4 Å². The van der Waals surface area contributed by atoms with Crippen LogP contribution in [0.5, 0.6) is 5.75 Å². The Balaban J connectivity index is 1.57. The van der Waals surface area contributed by atoms with E-state index in [1.54, 1.807) is 36.3 Å². The molecule has 0 unspecified atom stereocenters. The van der Waals surface area contributed by atoms with Crippen molar-refractivity contribution < 1.29 is 14.7 Å². The number of carbonyl (C=O) groups excluding carboxylic acids is 2. The number of aromatic nitrogens is 5. The molecule has 13 heteroatoms. The van der Waals surface area contributed by atoms with Crippen molar-refractivity contribution in [2.75, 3.05) is 5.32 Å². The molecule has 0 saturated carbocycles. The number of rotatable bonds is 5. The van der Waals surface area contributed by atoms with Crippen LogP contribution in [0.3, 0.4) is 0 Å². The average molecular weight is 540 g/mol. The number of anilines is 1. The number of aryl methyl sites for hydroxylation is 2. The van der Waals surface area contributed by atoms with Gasteiger partial charge in [-0.25, -0.2) is 4.98 Å². The number of fused-ring (bicyclic) bond motifs is 2. The summed E-state index contributed by atoms with van der Waals surface area (Å²) in [5, 5.41) is 18.4. The van der Waals surface area contributed by atoms with E-state index in [1.165, 1.54) is 34.6 Å². The SMILES string of the molecule is Cn1cc2cc(NC(=O)Cn3cc(-c4cc(Cl)c(O)c(C(N)=O)c4)c4c(=O)n(C)cnc43)c(Cl)cc2n1. The van der Waals surface area contributed by atoms with Gasteiger partial charge in [-0.1, -0.05) is 23.2 Å². The van der Waals surface area contributed by atoms with Crippen LogP contribution in [-0.2, 0) is 25.4 Å². The second-order valence-electron chi connectivity index (χ2n) is 8.49. The number of primary amides is 1. The molecular formula is C24H19Cl2N7O4. The molecule has 0 aliphatic rings. The lowest BCUT2D eigenvalue weighted by atomic mass is 10.0. The van der Waals surface area contributed by atoms with Gasteiger partial charge in [0, 0.05) is 37.4 Å². The summed E-state index contributed by atoms with van der Waals surface area (Å²) in [4.78, 5) is 42.3. The Morgan fingerprint density at radius 1 is 1.11 bits per heavy atom. The molecule has 11 nitrogen and oxygen atoms in total. The molecule has 3 aromatic heterocycles. The number of amides is 2. The third kappa shape index (κ3) is 4.28. The number of nitrogens with one attached hydrogen (secondary N) is 1. The zero-order valence-corrected chi connectivity index (χ0v) is 21.0. The number of hydrogen-bond acceptors (Lipinski definition) is 6. The maximum atomic E-state index is 13.1. The Hall–Kier alpha value is -4.35. The third-order valence-corrected chi connectivity index (χ3v) is 6.47. The summed E-state index contributed by atoms with van der Waals surface area (Å²) >= 11 is 12.5. The van der Waals surface area contributed by atoms with Gasteiger partial charge < -0.3 is 25.3 Å². The number of carbonyl (C=O) groups is 2. The van der Waals surface area contributed by atoms with Gasteiger partial charge in [-0.05, 0) is 29.8 Å². The van der Waals surface area contributed by atoms with Crippen molar-refractivity contribution in [1.29, 1.82) is 0 Å². The van der Waals surface area contributed by atoms with Crippen LogP contribution in [0.1, 0.15) is 10.4 Å². The normalized spacial score (nSPS) is 11.4. The molecule has 0 spiro atoms. The summed E-state index contributed by atoms with van der Waals surface area (Å²) < 4.78 is 4.43. The van der Waals surface area contributed by atoms with Crippen molar-refractivity contribution in [3.63, 3.8) is 0 Å². The number of aromatic hydroxyl groups is 1. The molecule has 37 heavy (non-hydrogen) atoms. The maximum Gasteiger partial charge on any atom is 0.263 e. The maximum absolute atomic E-state index is 13.1. The first-order chi connectivity index (χ1) is 17.5. The lowest BCUT2D eigenvalue weighted by Crippen LogP contribution is -2.20. The van der Waals surface area contributed by atoms with Crippen LogP contribution in [-0.4, -0.2) is 40.8 Å². The molecule has 0 saturated heterocycles. The number of halogens is 2. The van der Waals surface area contributed by atoms with Crippen LogP contribution < -0.4 is 16.6 Å². The second kappa shape index (κ2) is 8.95. The fourth-order valence-electron chi connectivity index (χ4n) is 4.16. The predicted octanol–water partition coefficient (Wildman–Crippen LogP) is 3.04. The average Bonchev–Trinajstić information content (AvgIpc) is 3.37. The van der Waals surface area contributed by atoms with Crippen LogP contribution in [0.2, 0.25) is 10.0 Å². The van der Waals surface area contributed by atoms with Crippen molar-refractivity contribution in [3.05, 3.63) is 68.9 Å². The van der Waals surface area contributed by atoms with Gasteiger partial charge in [-0.15, -0.1) is 0 Å². The molecule has 0 aliphatic carbocycles. The number of benzene rings is 2. The van der Waals surface area contributed by atoms with E-state index >= 15 is 0 Å². The highest BCUT2D eigenvalue weighted by atomic mass is 35.5. The van der Waals surface area contributed by atoms with E-state index in [0.29, 0.717) is 27.4 Å². The van der Waals surface area contributed by atoms with Gasteiger partial charge >= 0.3 is 0 Å². The first-order valence-corrected chi connectivity index (χ1v) is 11.6. The summed E-state index contributed by atoms with van der Waals surface area (Å²) in [6, 6.07) is 6.11. The monoisotopic (exact) mass is 539 g/mol. The molecule has 0 radical (unpaired) electrons. The summed E-state index contributed by atoms with van der Waals surface area (Å²) in [7, 11) is 3.32. The summed E-state index contributed by atoms with van der Waals surface area (Å²) in [5.41, 5.74) is 6.83. The standard InChI is InChI=1S/C24H19Cl2N7O4/c1-31-10-28-23-20(24(31)37)14(11-3-13(22(27)36)21(35)16(26)4-11)8-33(23)9-19(34)29-18-5-12-7-32(2)30-17(12)6-15(18)25/h3-8,10,35H,9H2,1-2H3,(H2,27,36)(H,29,34). The lowest BCUT2D eigenvalue weighted by Gasteiger charge is -2.09. The molecule has 0 fully saturated rings.